The number of hydrogen-bond acceptors (Lipinski definition) is 3. The highest BCUT2D eigenvalue weighted by molar-refractivity contribution is 6.58. The molecular weight excluding hydrogens is 215 g/mol. The molecule has 0 saturated heterocycles. The van der Waals surface area contributed by atoms with Gasteiger partial charge in [-0.05, 0) is 36.1 Å². The van der Waals surface area contributed by atoms with Crippen molar-refractivity contribution in [1.82, 2.24) is 0 Å². The standard InChI is InChI=1S/C13H13BO3/c1-10-9-11(14(15)16)7-8-13(10)17-12-5-3-2-4-6-12/h2-9,15-16H,1H3. The third-order valence-corrected chi connectivity index (χ3v) is 2.47. The van der Waals surface area contributed by atoms with Gasteiger partial charge in [-0.3, -0.25) is 0 Å². The van der Waals surface area contributed by atoms with Crippen LogP contribution in [-0.4, -0.2) is 17.2 Å². The summed E-state index contributed by atoms with van der Waals surface area (Å²) in [4.78, 5) is 0. The van der Waals surface area contributed by atoms with Gasteiger partial charge >= 0.3 is 7.12 Å². The van der Waals surface area contributed by atoms with Gasteiger partial charge in [0.1, 0.15) is 11.5 Å². The van der Waals surface area contributed by atoms with Gasteiger partial charge in [0.2, 0.25) is 0 Å². The van der Waals surface area contributed by atoms with Crippen molar-refractivity contribution in [2.24, 2.45) is 0 Å². The van der Waals surface area contributed by atoms with E-state index in [2.05, 4.69) is 0 Å². The van der Waals surface area contributed by atoms with Crippen LogP contribution in [0.2, 0.25) is 0 Å². The molecule has 2 aromatic rings. The minimum Gasteiger partial charge on any atom is -0.457 e. The molecule has 0 aliphatic heterocycles. The first-order valence-electron chi connectivity index (χ1n) is 5.36. The Morgan fingerprint density at radius 2 is 1.71 bits per heavy atom. The van der Waals surface area contributed by atoms with Crippen LogP contribution in [0.4, 0.5) is 0 Å². The lowest BCUT2D eigenvalue weighted by Gasteiger charge is -2.10. The maximum Gasteiger partial charge on any atom is 0.488 e. The number of benzene rings is 2. The van der Waals surface area contributed by atoms with E-state index in [1.54, 1.807) is 18.2 Å². The van der Waals surface area contributed by atoms with Crippen LogP contribution in [0.1, 0.15) is 5.56 Å². The molecule has 0 radical (unpaired) electrons. The van der Waals surface area contributed by atoms with Crippen LogP contribution in [0.15, 0.2) is 48.5 Å². The summed E-state index contributed by atoms with van der Waals surface area (Å²) in [6.45, 7) is 1.87. The normalized spacial score (nSPS) is 10.1. The average Bonchev–Trinajstić information content (AvgIpc) is 2.33. The minimum absolute atomic E-state index is 0.461. The zero-order valence-electron chi connectivity index (χ0n) is 9.50. The number of aryl methyl sites for hydroxylation is 1. The molecule has 0 amide bonds. The summed E-state index contributed by atoms with van der Waals surface area (Å²) in [5.41, 5.74) is 1.32. The smallest absolute Gasteiger partial charge is 0.457 e. The SMILES string of the molecule is Cc1cc(B(O)O)ccc1Oc1ccccc1. The van der Waals surface area contributed by atoms with E-state index in [1.807, 2.05) is 37.3 Å². The van der Waals surface area contributed by atoms with E-state index in [1.165, 1.54) is 0 Å². The quantitative estimate of drug-likeness (QED) is 0.782. The molecule has 0 bridgehead atoms. The number of para-hydroxylation sites is 1. The Labute approximate surface area is 100 Å². The van der Waals surface area contributed by atoms with Crippen LogP contribution in [-0.2, 0) is 0 Å². The van der Waals surface area contributed by atoms with Crippen LogP contribution in [0.25, 0.3) is 0 Å². The van der Waals surface area contributed by atoms with Gasteiger partial charge in [-0.1, -0.05) is 30.3 Å². The van der Waals surface area contributed by atoms with Gasteiger partial charge in [0, 0.05) is 0 Å². The van der Waals surface area contributed by atoms with Crippen LogP contribution >= 0.6 is 0 Å². The predicted octanol–water partition coefficient (Wildman–Crippen LogP) is 1.47. The molecule has 2 N–H and O–H groups in total. The van der Waals surface area contributed by atoms with Gasteiger partial charge in [0.15, 0.2) is 0 Å². The summed E-state index contributed by atoms with van der Waals surface area (Å²) in [5.74, 6) is 1.47. The van der Waals surface area contributed by atoms with Gasteiger partial charge < -0.3 is 14.8 Å². The first kappa shape index (κ1) is 11.7. The molecule has 2 aromatic carbocycles. The van der Waals surface area contributed by atoms with Crippen molar-refractivity contribution in [2.45, 2.75) is 6.92 Å². The Balaban J connectivity index is 2.23. The Morgan fingerprint density at radius 1 is 1.00 bits per heavy atom. The molecule has 0 aliphatic rings. The van der Waals surface area contributed by atoms with Crippen molar-refractivity contribution < 1.29 is 14.8 Å². The fraction of sp³-hybridized carbons (Fsp3) is 0.0769. The molecule has 0 spiro atoms. The summed E-state index contributed by atoms with van der Waals surface area (Å²) >= 11 is 0. The summed E-state index contributed by atoms with van der Waals surface area (Å²) in [6, 6.07) is 14.5. The molecule has 0 saturated carbocycles. The van der Waals surface area contributed by atoms with Gasteiger partial charge in [0.05, 0.1) is 0 Å². The van der Waals surface area contributed by atoms with Crippen molar-refractivity contribution in [3.05, 3.63) is 54.1 Å². The van der Waals surface area contributed by atoms with E-state index in [9.17, 15) is 0 Å². The Bertz CT molecular complexity index is 497. The molecule has 0 fully saturated rings. The molecule has 0 atom stereocenters. The first-order valence-corrected chi connectivity index (χ1v) is 5.36. The second kappa shape index (κ2) is 5.04. The Kier molecular flexibility index (Phi) is 3.47. The lowest BCUT2D eigenvalue weighted by Crippen LogP contribution is -2.29. The Hall–Kier alpha value is -1.78. The van der Waals surface area contributed by atoms with Crippen LogP contribution in [0.3, 0.4) is 0 Å². The van der Waals surface area contributed by atoms with Crippen molar-refractivity contribution in [3.63, 3.8) is 0 Å². The lowest BCUT2D eigenvalue weighted by atomic mass is 9.79. The van der Waals surface area contributed by atoms with Gasteiger partial charge in [-0.25, -0.2) is 0 Å². The number of rotatable bonds is 3. The molecule has 0 aliphatic carbocycles. The van der Waals surface area contributed by atoms with Gasteiger partial charge in [-0.2, -0.15) is 0 Å². The third-order valence-electron chi connectivity index (χ3n) is 2.47. The van der Waals surface area contributed by atoms with E-state index in [0.717, 1.165) is 11.3 Å². The van der Waals surface area contributed by atoms with Crippen molar-refractivity contribution in [3.8, 4) is 11.5 Å². The molecule has 3 nitrogen and oxygen atoms in total. The van der Waals surface area contributed by atoms with Crippen LogP contribution in [0, 0.1) is 6.92 Å². The van der Waals surface area contributed by atoms with E-state index in [-0.39, 0.29) is 0 Å². The summed E-state index contributed by atoms with van der Waals surface area (Å²) in [5, 5.41) is 18.1. The number of ether oxygens (including phenoxy) is 1. The topological polar surface area (TPSA) is 49.7 Å². The molecule has 0 aromatic heterocycles. The second-order valence-corrected chi connectivity index (χ2v) is 3.81. The maximum atomic E-state index is 9.04. The van der Waals surface area contributed by atoms with Crippen molar-refractivity contribution >= 4 is 12.6 Å². The third kappa shape index (κ3) is 2.87. The van der Waals surface area contributed by atoms with Gasteiger partial charge in [-0.15, -0.1) is 0 Å². The minimum atomic E-state index is -1.44. The molecule has 0 heterocycles. The lowest BCUT2D eigenvalue weighted by molar-refractivity contribution is 0.425. The maximum absolute atomic E-state index is 9.04. The zero-order chi connectivity index (χ0) is 12.3. The predicted molar refractivity (Wildman–Crippen MR) is 67.5 cm³/mol. The summed E-state index contributed by atoms with van der Waals surface area (Å²) in [6.07, 6.45) is 0. The fourth-order valence-corrected chi connectivity index (χ4v) is 1.56. The fourth-order valence-electron chi connectivity index (χ4n) is 1.56. The monoisotopic (exact) mass is 228 g/mol. The molecule has 17 heavy (non-hydrogen) atoms. The van der Waals surface area contributed by atoms with E-state index >= 15 is 0 Å². The highest BCUT2D eigenvalue weighted by atomic mass is 16.5. The Morgan fingerprint density at radius 3 is 2.29 bits per heavy atom. The van der Waals surface area contributed by atoms with Crippen LogP contribution in [0.5, 0.6) is 11.5 Å². The van der Waals surface area contributed by atoms with Gasteiger partial charge in [0.25, 0.3) is 0 Å². The molecule has 2 rings (SSSR count). The summed E-state index contributed by atoms with van der Waals surface area (Å²) < 4.78 is 5.68. The van der Waals surface area contributed by atoms with E-state index < -0.39 is 7.12 Å². The number of hydrogen-bond donors (Lipinski definition) is 2. The highest BCUT2D eigenvalue weighted by Crippen LogP contribution is 2.23. The first-order chi connectivity index (χ1) is 8.16. The highest BCUT2D eigenvalue weighted by Gasteiger charge is 2.12. The molecule has 4 heteroatoms. The molecular formula is C13H13BO3. The van der Waals surface area contributed by atoms with Crippen LogP contribution < -0.4 is 10.2 Å². The average molecular weight is 228 g/mol. The zero-order valence-corrected chi connectivity index (χ0v) is 9.50. The second-order valence-electron chi connectivity index (χ2n) is 3.81. The van der Waals surface area contributed by atoms with Crippen molar-refractivity contribution in [2.75, 3.05) is 0 Å². The van der Waals surface area contributed by atoms with E-state index in [4.69, 9.17) is 14.8 Å². The molecule has 0 unspecified atom stereocenters. The molecule has 86 valence electrons. The van der Waals surface area contributed by atoms with Crippen molar-refractivity contribution in [1.29, 1.82) is 0 Å². The summed E-state index contributed by atoms with van der Waals surface area (Å²) in [7, 11) is -1.44. The largest absolute Gasteiger partial charge is 0.488 e. The van der Waals surface area contributed by atoms with E-state index in [0.29, 0.717) is 11.2 Å².